The Balaban J connectivity index is 1.38. The van der Waals surface area contributed by atoms with Crippen molar-refractivity contribution in [1.29, 1.82) is 0 Å². The Hall–Kier alpha value is -2.51. The molecule has 5 fully saturated rings. The molecule has 29 heteroatoms. The summed E-state index contributed by atoms with van der Waals surface area (Å²) in [5, 5.41) is 156. The summed E-state index contributed by atoms with van der Waals surface area (Å²) < 4.78 is 51.4. The van der Waals surface area contributed by atoms with Gasteiger partial charge < -0.3 is 130 Å². The molecular weight excluding hydrogens is 890 g/mol. The Morgan fingerprint density at radius 3 is 1.14 bits per heavy atom. The van der Waals surface area contributed by atoms with Gasteiger partial charge >= 0.3 is 0 Å². The van der Waals surface area contributed by atoms with Gasteiger partial charge in [-0.15, -0.1) is 0 Å². The fourth-order valence-electron chi connectivity index (χ4n) is 8.24. The Morgan fingerprint density at radius 2 is 0.708 bits per heavy atom. The topological polar surface area (TPSA) is 454 Å². The number of aliphatic hydroxyl groups is 14. The second kappa shape index (κ2) is 23.2. The summed E-state index contributed by atoms with van der Waals surface area (Å²) in [5.41, 5.74) is 0. The van der Waals surface area contributed by atoms with Gasteiger partial charge in [-0.1, -0.05) is 0 Å². The van der Waals surface area contributed by atoms with Crippen molar-refractivity contribution in [3.05, 3.63) is 0 Å². The van der Waals surface area contributed by atoms with E-state index in [0.29, 0.717) is 0 Å². The zero-order valence-electron chi connectivity index (χ0n) is 35.1. The fraction of sp³-hybridized carbons (Fsp3) is 0.917. The molecule has 3 amide bonds. The lowest BCUT2D eigenvalue weighted by molar-refractivity contribution is -0.380. The van der Waals surface area contributed by atoms with Crippen LogP contribution in [0.25, 0.3) is 0 Å². The molecular formula is C36H61N3O26. The number of nitrogens with one attached hydrogen (secondary N) is 3. The summed E-state index contributed by atoms with van der Waals surface area (Å²) in [6.45, 7) is -1.45. The quantitative estimate of drug-likeness (QED) is 0.0683. The van der Waals surface area contributed by atoms with E-state index in [9.17, 15) is 85.9 Å². The molecule has 5 rings (SSSR count). The molecule has 0 aromatic rings. The van der Waals surface area contributed by atoms with Gasteiger partial charge in [0, 0.05) is 20.8 Å². The van der Waals surface area contributed by atoms with Gasteiger partial charge in [0.25, 0.3) is 0 Å². The molecule has 5 saturated heterocycles. The average Bonchev–Trinajstić information content (AvgIpc) is 3.26. The Morgan fingerprint density at radius 1 is 0.369 bits per heavy atom. The molecule has 17 N–H and O–H groups in total. The van der Waals surface area contributed by atoms with Gasteiger partial charge in [-0.25, -0.2) is 0 Å². The molecule has 5 heterocycles. The highest BCUT2D eigenvalue weighted by Crippen LogP contribution is 2.36. The molecule has 0 aromatic carbocycles. The number of ether oxygens (including phenoxy) is 9. The lowest BCUT2D eigenvalue weighted by Crippen LogP contribution is -2.71. The van der Waals surface area contributed by atoms with Crippen LogP contribution in [-0.2, 0) is 57.0 Å². The number of carbonyl (C=O) groups excluding carboxylic acids is 3. The number of hydrogen-bond acceptors (Lipinski definition) is 26. The third-order valence-electron chi connectivity index (χ3n) is 11.5. The van der Waals surface area contributed by atoms with Gasteiger partial charge in [-0.05, 0) is 0 Å². The molecule has 0 unspecified atom stereocenters. The highest BCUT2D eigenvalue weighted by Gasteiger charge is 2.57. The highest BCUT2D eigenvalue weighted by atomic mass is 16.8. The first-order chi connectivity index (χ1) is 30.7. The smallest absolute Gasteiger partial charge is 0.217 e. The number of amides is 3. The lowest BCUT2D eigenvalue weighted by Gasteiger charge is -2.50. The van der Waals surface area contributed by atoms with Gasteiger partial charge in [0.1, 0.15) is 122 Å². The molecule has 0 radical (unpaired) electrons. The van der Waals surface area contributed by atoms with Gasteiger partial charge in [-0.2, -0.15) is 0 Å². The second-order valence-corrected chi connectivity index (χ2v) is 16.2. The van der Waals surface area contributed by atoms with Gasteiger partial charge in [0.15, 0.2) is 31.5 Å². The van der Waals surface area contributed by atoms with Crippen molar-refractivity contribution in [2.75, 3.05) is 33.0 Å². The largest absolute Gasteiger partial charge is 0.394 e. The monoisotopic (exact) mass is 951 g/mol. The van der Waals surface area contributed by atoms with E-state index in [-0.39, 0.29) is 0 Å². The van der Waals surface area contributed by atoms with E-state index in [1.54, 1.807) is 0 Å². The van der Waals surface area contributed by atoms with Crippen LogP contribution < -0.4 is 16.0 Å². The zero-order chi connectivity index (χ0) is 48.2. The van der Waals surface area contributed by atoms with Gasteiger partial charge in [0.2, 0.25) is 17.7 Å². The molecule has 5 aliphatic heterocycles. The number of rotatable bonds is 16. The fourth-order valence-corrected chi connectivity index (χ4v) is 8.24. The van der Waals surface area contributed by atoms with Crippen LogP contribution >= 0.6 is 0 Å². The van der Waals surface area contributed by atoms with Crippen LogP contribution in [0.15, 0.2) is 0 Å². The molecule has 0 saturated carbocycles. The normalized spacial score (nSPS) is 47.1. The molecule has 29 nitrogen and oxygen atoms in total. The molecule has 376 valence electrons. The van der Waals surface area contributed by atoms with E-state index in [1.165, 1.54) is 0 Å². The highest BCUT2D eigenvalue weighted by molar-refractivity contribution is 5.74. The van der Waals surface area contributed by atoms with Gasteiger partial charge in [-0.3, -0.25) is 14.4 Å². The summed E-state index contributed by atoms with van der Waals surface area (Å²) in [4.78, 5) is 36.8. The minimum atomic E-state index is -2.16. The van der Waals surface area contributed by atoms with Gasteiger partial charge in [0.05, 0.1) is 33.0 Å². The van der Waals surface area contributed by atoms with Crippen LogP contribution in [0.4, 0.5) is 0 Å². The zero-order valence-corrected chi connectivity index (χ0v) is 35.1. The van der Waals surface area contributed by atoms with Crippen molar-refractivity contribution in [2.45, 2.75) is 174 Å². The van der Waals surface area contributed by atoms with Crippen molar-refractivity contribution in [1.82, 2.24) is 16.0 Å². The third-order valence-corrected chi connectivity index (χ3v) is 11.5. The van der Waals surface area contributed by atoms with Crippen LogP contribution in [0.5, 0.6) is 0 Å². The maximum absolute atomic E-state index is 12.4. The Labute approximate surface area is 369 Å². The SMILES string of the molecule is CC(=O)N[C@@H]1[C@@H](O[C@@H]2O[C@H](CO)[C@@H](O[C@@H]3O[C@H](CO)[C@H](O)[C@H](O[C@@H]4O[C@H](CO)[C@@H](O[C@@H]5O[C@H](CO)[C@H](O)[C@H](O)[C@H]5O)[C@H](O)[C@H]4NC(C)=O)[C@H]3O)[C@H](O)[C@H]2NC(C)=O)[C@@H](O)[C@@H](CO)O[C@@H]1O. The summed E-state index contributed by atoms with van der Waals surface area (Å²) in [6, 6.07) is -4.88. The van der Waals surface area contributed by atoms with Crippen LogP contribution in [-0.4, -0.2) is 276 Å². The second-order valence-electron chi connectivity index (χ2n) is 16.2. The van der Waals surface area contributed by atoms with Crippen LogP contribution in [0.2, 0.25) is 0 Å². The molecule has 5 aliphatic rings. The Kier molecular flexibility index (Phi) is 19.1. The first-order valence-electron chi connectivity index (χ1n) is 20.6. The number of carbonyl (C=O) groups is 3. The van der Waals surface area contributed by atoms with E-state index >= 15 is 0 Å². The molecule has 0 aromatic heterocycles. The minimum absolute atomic E-state index is 0.708. The predicted molar refractivity (Wildman–Crippen MR) is 201 cm³/mol. The van der Waals surface area contributed by atoms with Crippen molar-refractivity contribution in [3.63, 3.8) is 0 Å². The molecule has 25 atom stereocenters. The summed E-state index contributed by atoms with van der Waals surface area (Å²) in [5.74, 6) is -2.30. The maximum atomic E-state index is 12.4. The molecule has 65 heavy (non-hydrogen) atoms. The van der Waals surface area contributed by atoms with Crippen molar-refractivity contribution < 1.29 is 129 Å². The van der Waals surface area contributed by atoms with E-state index < -0.39 is 204 Å². The van der Waals surface area contributed by atoms with Crippen LogP contribution in [0, 0.1) is 0 Å². The van der Waals surface area contributed by atoms with Crippen LogP contribution in [0.3, 0.4) is 0 Å². The summed E-state index contributed by atoms with van der Waals surface area (Å²) in [6.07, 6.45) is -39.9. The number of hydrogen-bond donors (Lipinski definition) is 17. The van der Waals surface area contributed by atoms with E-state index in [2.05, 4.69) is 16.0 Å². The Bertz CT molecular complexity index is 1560. The molecule has 0 bridgehead atoms. The standard InChI is InChI=1S/C36H61N3O26/c1-9(45)37-17-23(51)29(16(8-44)60-33(17)64-30-19(39-11(3)47)32(56)57-13(5-41)21(30)49)63-36-27(55)31(22(50)14(6-42)59-36)65-34-18(38-10(2)46)24(52)28(15(7-43)61-34)62-35-26(54)25(53)20(48)12(4-40)58-35/h12-36,40-44,48-56H,4-8H2,1-3H3,(H,37,45)(H,38,46)(H,39,47)/t12-,13-,14-,15-,16-,17-,18-,19-,20+,21+,22+,23-,24-,25+,26-,27-,28-,29-,30-,31+,32+,33+,34+,35+,36+/m1/s1. The number of aliphatic hydroxyl groups excluding tert-OH is 14. The molecule has 0 spiro atoms. The molecule has 0 aliphatic carbocycles. The third kappa shape index (κ3) is 11.9. The van der Waals surface area contributed by atoms with Crippen LogP contribution in [0.1, 0.15) is 20.8 Å². The summed E-state index contributed by atoms with van der Waals surface area (Å²) >= 11 is 0. The van der Waals surface area contributed by atoms with E-state index in [1.807, 2.05) is 0 Å². The van der Waals surface area contributed by atoms with E-state index in [4.69, 9.17) is 42.6 Å². The summed E-state index contributed by atoms with van der Waals surface area (Å²) in [7, 11) is 0. The first-order valence-corrected chi connectivity index (χ1v) is 20.6. The first kappa shape index (κ1) is 53.4. The van der Waals surface area contributed by atoms with Crippen molar-refractivity contribution in [2.24, 2.45) is 0 Å². The lowest BCUT2D eigenvalue weighted by atomic mass is 9.93. The van der Waals surface area contributed by atoms with E-state index in [0.717, 1.165) is 20.8 Å². The average molecular weight is 952 g/mol. The maximum Gasteiger partial charge on any atom is 0.217 e. The van der Waals surface area contributed by atoms with Crippen molar-refractivity contribution >= 4 is 17.7 Å². The predicted octanol–water partition coefficient (Wildman–Crippen LogP) is -11.5. The van der Waals surface area contributed by atoms with Crippen molar-refractivity contribution in [3.8, 4) is 0 Å². The minimum Gasteiger partial charge on any atom is -0.394 e.